The van der Waals surface area contributed by atoms with Crippen molar-refractivity contribution in [1.82, 2.24) is 15.0 Å². The highest BCUT2D eigenvalue weighted by molar-refractivity contribution is 7.91. The zero-order valence-corrected chi connectivity index (χ0v) is 17.7. The predicted molar refractivity (Wildman–Crippen MR) is 115 cm³/mol. The van der Waals surface area contributed by atoms with E-state index >= 15 is 0 Å². The number of carbonyl (C=O) groups is 1. The van der Waals surface area contributed by atoms with Crippen LogP contribution >= 0.6 is 0 Å². The Morgan fingerprint density at radius 2 is 1.58 bits per heavy atom. The molecule has 0 fully saturated rings. The van der Waals surface area contributed by atoms with E-state index in [0.29, 0.717) is 16.9 Å². The van der Waals surface area contributed by atoms with Crippen LogP contribution in [0.2, 0.25) is 0 Å². The van der Waals surface area contributed by atoms with E-state index in [1.807, 2.05) is 19.9 Å². The van der Waals surface area contributed by atoms with Crippen molar-refractivity contribution in [2.24, 2.45) is 0 Å². The second kappa shape index (κ2) is 7.81. The van der Waals surface area contributed by atoms with Crippen LogP contribution < -0.4 is 0 Å². The number of hydrogen-bond acceptors (Lipinski definition) is 5. The fourth-order valence-electron chi connectivity index (χ4n) is 3.21. The lowest BCUT2D eigenvalue weighted by Crippen LogP contribution is -2.07. The van der Waals surface area contributed by atoms with Gasteiger partial charge in [-0.15, -0.1) is 5.10 Å². The molecule has 31 heavy (non-hydrogen) atoms. The highest BCUT2D eigenvalue weighted by atomic mass is 32.2. The number of nitrogens with zero attached hydrogens (tertiary/aromatic N) is 3. The fourth-order valence-corrected chi connectivity index (χ4v) is 4.61. The summed E-state index contributed by atoms with van der Waals surface area (Å²) in [5.41, 5.74) is 3.40. The van der Waals surface area contributed by atoms with Crippen molar-refractivity contribution >= 4 is 15.8 Å². The van der Waals surface area contributed by atoms with Gasteiger partial charge in [0.15, 0.2) is 0 Å². The van der Waals surface area contributed by atoms with Gasteiger partial charge < -0.3 is 5.11 Å². The zero-order valence-electron chi connectivity index (χ0n) is 16.9. The van der Waals surface area contributed by atoms with Gasteiger partial charge in [0.1, 0.15) is 5.69 Å². The average molecular weight is 433 g/mol. The Hall–Kier alpha value is -3.78. The molecule has 156 valence electrons. The number of benzene rings is 3. The smallest absolute Gasteiger partial charge is 0.335 e. The molecular weight excluding hydrogens is 414 g/mol. The SMILES string of the molecule is Cc1ccc(S(=O)(=O)c2nnn(-c3ccc(C(=O)O)cc3)c2-c2ccccc2)cc1C. The van der Waals surface area contributed by atoms with Crippen molar-refractivity contribution in [3.63, 3.8) is 0 Å². The topological polar surface area (TPSA) is 102 Å². The summed E-state index contributed by atoms with van der Waals surface area (Å²) in [5, 5.41) is 17.1. The van der Waals surface area contributed by atoms with Crippen LogP contribution in [0.25, 0.3) is 16.9 Å². The Morgan fingerprint density at radius 3 is 2.19 bits per heavy atom. The van der Waals surface area contributed by atoms with Crippen LogP contribution in [0.1, 0.15) is 21.5 Å². The maximum Gasteiger partial charge on any atom is 0.335 e. The Balaban J connectivity index is 1.93. The molecule has 1 N–H and O–H groups in total. The second-order valence-electron chi connectivity index (χ2n) is 7.12. The highest BCUT2D eigenvalue weighted by Gasteiger charge is 2.29. The molecule has 0 saturated heterocycles. The molecule has 4 rings (SSSR count). The third kappa shape index (κ3) is 3.73. The lowest BCUT2D eigenvalue weighted by molar-refractivity contribution is 0.0697. The summed E-state index contributed by atoms with van der Waals surface area (Å²) in [4.78, 5) is 11.3. The van der Waals surface area contributed by atoms with E-state index in [1.54, 1.807) is 54.6 Å². The summed E-state index contributed by atoms with van der Waals surface area (Å²) in [6.45, 7) is 3.77. The Morgan fingerprint density at radius 1 is 0.903 bits per heavy atom. The summed E-state index contributed by atoms with van der Waals surface area (Å²) in [6, 6.07) is 19.9. The largest absolute Gasteiger partial charge is 0.478 e. The van der Waals surface area contributed by atoms with E-state index in [1.165, 1.54) is 16.8 Å². The van der Waals surface area contributed by atoms with E-state index in [9.17, 15) is 13.2 Å². The lowest BCUT2D eigenvalue weighted by Gasteiger charge is -2.10. The third-order valence-electron chi connectivity index (χ3n) is 5.09. The van der Waals surface area contributed by atoms with Crippen LogP contribution in [0, 0.1) is 13.8 Å². The van der Waals surface area contributed by atoms with Gasteiger partial charge in [-0.1, -0.05) is 41.6 Å². The number of sulfone groups is 1. The normalized spacial score (nSPS) is 11.4. The third-order valence-corrected chi connectivity index (χ3v) is 6.75. The van der Waals surface area contributed by atoms with Crippen LogP contribution in [0.15, 0.2) is 82.7 Å². The van der Waals surface area contributed by atoms with Gasteiger partial charge in [0, 0.05) is 5.56 Å². The molecule has 0 aliphatic carbocycles. The standard InChI is InChI=1S/C23H19N3O4S/c1-15-8-13-20(14-16(15)2)31(29,30)22-21(17-6-4-3-5-7-17)26(25-24-22)19-11-9-18(10-12-19)23(27)28/h3-14H,1-2H3,(H,27,28). The average Bonchev–Trinajstić information content (AvgIpc) is 3.22. The van der Waals surface area contributed by atoms with Crippen molar-refractivity contribution in [3.8, 4) is 16.9 Å². The van der Waals surface area contributed by atoms with E-state index in [-0.39, 0.29) is 15.5 Å². The molecule has 3 aromatic carbocycles. The zero-order chi connectivity index (χ0) is 22.2. The number of aromatic nitrogens is 3. The molecule has 0 spiro atoms. The molecular formula is C23H19N3O4S. The molecule has 0 aliphatic rings. The molecule has 0 aliphatic heterocycles. The molecule has 0 radical (unpaired) electrons. The molecule has 8 heteroatoms. The van der Waals surface area contributed by atoms with Crippen molar-refractivity contribution in [2.45, 2.75) is 23.8 Å². The first-order valence-corrected chi connectivity index (χ1v) is 10.9. The molecule has 0 atom stereocenters. The predicted octanol–water partition coefficient (Wildman–Crippen LogP) is 4.08. The van der Waals surface area contributed by atoms with Gasteiger partial charge in [0.2, 0.25) is 14.9 Å². The van der Waals surface area contributed by atoms with Crippen LogP contribution in [0.3, 0.4) is 0 Å². The number of aromatic carboxylic acids is 1. The quantitative estimate of drug-likeness (QED) is 0.509. The van der Waals surface area contributed by atoms with Crippen molar-refractivity contribution < 1.29 is 18.3 Å². The minimum absolute atomic E-state index is 0.119. The molecule has 1 aromatic heterocycles. The maximum atomic E-state index is 13.5. The van der Waals surface area contributed by atoms with E-state index < -0.39 is 15.8 Å². The first-order chi connectivity index (χ1) is 14.8. The molecule has 0 saturated carbocycles. The molecule has 0 unspecified atom stereocenters. The number of carboxylic acids is 1. The summed E-state index contributed by atoms with van der Waals surface area (Å²) < 4.78 is 28.4. The van der Waals surface area contributed by atoms with Gasteiger partial charge in [-0.25, -0.2) is 17.9 Å². The van der Waals surface area contributed by atoms with Gasteiger partial charge in [0.05, 0.1) is 16.1 Å². The van der Waals surface area contributed by atoms with E-state index in [2.05, 4.69) is 10.3 Å². The molecule has 0 amide bonds. The van der Waals surface area contributed by atoms with Crippen molar-refractivity contribution in [3.05, 3.63) is 89.5 Å². The molecule has 4 aromatic rings. The minimum atomic E-state index is -3.95. The summed E-state index contributed by atoms with van der Waals surface area (Å²) in [5.74, 6) is -1.05. The van der Waals surface area contributed by atoms with Crippen LogP contribution in [0.5, 0.6) is 0 Å². The summed E-state index contributed by atoms with van der Waals surface area (Å²) >= 11 is 0. The van der Waals surface area contributed by atoms with Crippen LogP contribution in [0.4, 0.5) is 0 Å². The van der Waals surface area contributed by atoms with Crippen molar-refractivity contribution in [1.29, 1.82) is 0 Å². The van der Waals surface area contributed by atoms with Gasteiger partial charge >= 0.3 is 5.97 Å². The Kier molecular flexibility index (Phi) is 5.16. The fraction of sp³-hybridized carbons (Fsp3) is 0.0870. The van der Waals surface area contributed by atoms with E-state index in [0.717, 1.165) is 11.1 Å². The number of hydrogen-bond donors (Lipinski definition) is 1. The number of rotatable bonds is 5. The molecule has 0 bridgehead atoms. The van der Waals surface area contributed by atoms with E-state index in [4.69, 9.17) is 5.11 Å². The van der Waals surface area contributed by atoms with Gasteiger partial charge in [0.25, 0.3) is 0 Å². The second-order valence-corrected chi connectivity index (χ2v) is 8.99. The summed E-state index contributed by atoms with van der Waals surface area (Å²) in [6.07, 6.45) is 0. The Bertz CT molecular complexity index is 1380. The highest BCUT2D eigenvalue weighted by Crippen LogP contribution is 2.32. The van der Waals surface area contributed by atoms with Crippen molar-refractivity contribution in [2.75, 3.05) is 0 Å². The van der Waals surface area contributed by atoms with Gasteiger partial charge in [-0.05, 0) is 61.4 Å². The Labute approximate surface area is 179 Å². The monoisotopic (exact) mass is 433 g/mol. The van der Waals surface area contributed by atoms with Crippen LogP contribution in [-0.2, 0) is 9.84 Å². The molecule has 1 heterocycles. The maximum absolute atomic E-state index is 13.5. The first-order valence-electron chi connectivity index (χ1n) is 9.46. The molecule has 7 nitrogen and oxygen atoms in total. The number of carboxylic acid groups (broad SMARTS) is 1. The van der Waals surface area contributed by atoms with Gasteiger partial charge in [-0.3, -0.25) is 0 Å². The minimum Gasteiger partial charge on any atom is -0.478 e. The van der Waals surface area contributed by atoms with Gasteiger partial charge in [-0.2, -0.15) is 0 Å². The summed E-state index contributed by atoms with van der Waals surface area (Å²) in [7, 11) is -3.95. The van der Waals surface area contributed by atoms with Crippen LogP contribution in [-0.4, -0.2) is 34.5 Å². The number of aryl methyl sites for hydroxylation is 2. The lowest BCUT2D eigenvalue weighted by atomic mass is 10.1. The first kappa shape index (κ1) is 20.5.